The molecule has 4 unspecified atom stereocenters. The molecular formula is C28H67NO4Si4. The summed E-state index contributed by atoms with van der Waals surface area (Å²) in [4.78, 5) is 19.7. The second-order valence-electron chi connectivity index (χ2n) is 13.9. The van der Waals surface area contributed by atoms with E-state index in [0.29, 0.717) is 11.8 Å². The van der Waals surface area contributed by atoms with E-state index in [9.17, 15) is 9.59 Å². The highest BCUT2D eigenvalue weighted by atomic mass is 28.4. The van der Waals surface area contributed by atoms with Crippen LogP contribution in [-0.4, -0.2) is 56.1 Å². The third kappa shape index (κ3) is 32.3. The predicted molar refractivity (Wildman–Crippen MR) is 174 cm³/mol. The van der Waals surface area contributed by atoms with E-state index < -0.39 is 33.3 Å². The molecule has 2 N–H and O–H groups in total. The van der Waals surface area contributed by atoms with Crippen molar-refractivity contribution in [3.63, 3.8) is 0 Å². The first-order chi connectivity index (χ1) is 16.5. The topological polar surface area (TPSA) is 82.7 Å². The highest BCUT2D eigenvalue weighted by Crippen LogP contribution is 2.29. The molecule has 0 amide bonds. The van der Waals surface area contributed by atoms with Gasteiger partial charge >= 0.3 is 0 Å². The van der Waals surface area contributed by atoms with Gasteiger partial charge in [-0.05, 0) is 127 Å². The maximum atomic E-state index is 9.83. The zero-order valence-corrected chi connectivity index (χ0v) is 31.6. The van der Waals surface area contributed by atoms with Crippen molar-refractivity contribution < 1.29 is 18.4 Å². The molecule has 0 heterocycles. The lowest BCUT2D eigenvalue weighted by molar-refractivity contribution is 0.311. The molecule has 0 spiro atoms. The van der Waals surface area contributed by atoms with Crippen molar-refractivity contribution in [2.24, 2.45) is 23.7 Å². The second kappa shape index (κ2) is 20.1. The quantitative estimate of drug-likeness (QED) is 0.175. The maximum Gasteiger partial charge on any atom is 0.186 e. The molecule has 5 nitrogen and oxygen atoms in total. The molecular weight excluding hydrogens is 527 g/mol. The summed E-state index contributed by atoms with van der Waals surface area (Å²) in [6.45, 7) is 34.0. The van der Waals surface area contributed by atoms with Crippen LogP contribution in [0, 0.1) is 35.0 Å². The van der Waals surface area contributed by atoms with Crippen molar-refractivity contribution in [3.05, 3.63) is 0 Å². The van der Waals surface area contributed by atoms with Gasteiger partial charge in [-0.25, -0.2) is 0 Å². The van der Waals surface area contributed by atoms with E-state index in [1.807, 2.05) is 26.2 Å². The van der Waals surface area contributed by atoms with Crippen LogP contribution in [-0.2, 0) is 8.85 Å². The Morgan fingerprint density at radius 1 is 0.595 bits per heavy atom. The van der Waals surface area contributed by atoms with Crippen LogP contribution < -0.4 is 0 Å². The summed E-state index contributed by atoms with van der Waals surface area (Å²) >= 11 is 0. The molecule has 0 aliphatic heterocycles. The fourth-order valence-electron chi connectivity index (χ4n) is 5.99. The molecule has 4 atom stereocenters. The smallest absolute Gasteiger partial charge is 0.186 e. The van der Waals surface area contributed by atoms with Gasteiger partial charge in [0.2, 0.25) is 0 Å². The normalized spacial score (nSPS) is 15.8. The fraction of sp³-hybridized carbons (Fsp3) is 0.964. The summed E-state index contributed by atoms with van der Waals surface area (Å²) in [5, 5.41) is 7.32. The van der Waals surface area contributed by atoms with Gasteiger partial charge in [-0.3, -0.25) is 0 Å². The Morgan fingerprint density at radius 3 is 1.00 bits per heavy atom. The largest absolute Gasteiger partial charge is 0.432 e. The van der Waals surface area contributed by atoms with Crippen molar-refractivity contribution in [1.82, 2.24) is 0 Å². The average molecular weight is 594 g/mol. The van der Waals surface area contributed by atoms with Crippen molar-refractivity contribution in [3.8, 4) is 6.07 Å². The summed E-state index contributed by atoms with van der Waals surface area (Å²) in [6.07, 6.45) is 2.45. The fourth-order valence-corrected chi connectivity index (χ4v) is 15.2. The molecule has 0 aromatic rings. The van der Waals surface area contributed by atoms with Crippen LogP contribution in [0.1, 0.15) is 61.3 Å². The summed E-state index contributed by atoms with van der Waals surface area (Å²) in [6, 6.07) is 6.26. The van der Waals surface area contributed by atoms with Gasteiger partial charge in [-0.15, -0.1) is 0 Å². The Kier molecular flexibility index (Phi) is 22.7. The van der Waals surface area contributed by atoms with Crippen LogP contribution in [0.15, 0.2) is 0 Å². The molecule has 0 radical (unpaired) electrons. The lowest BCUT2D eigenvalue weighted by Crippen LogP contribution is -2.34. The van der Waals surface area contributed by atoms with Crippen LogP contribution in [0.4, 0.5) is 0 Å². The monoisotopic (exact) mass is 593 g/mol. The van der Waals surface area contributed by atoms with Crippen molar-refractivity contribution in [2.75, 3.05) is 13.2 Å². The van der Waals surface area contributed by atoms with E-state index in [4.69, 9.17) is 14.1 Å². The van der Waals surface area contributed by atoms with Crippen LogP contribution >= 0.6 is 0 Å². The summed E-state index contributed by atoms with van der Waals surface area (Å²) < 4.78 is 11.9. The Hall–Kier alpha value is 0.198. The highest BCUT2D eigenvalue weighted by Gasteiger charge is 2.29. The third-order valence-corrected chi connectivity index (χ3v) is 14.9. The van der Waals surface area contributed by atoms with Gasteiger partial charge in [-0.1, -0.05) is 27.7 Å². The molecule has 0 aliphatic rings. The lowest BCUT2D eigenvalue weighted by atomic mass is 10.0. The summed E-state index contributed by atoms with van der Waals surface area (Å²) in [5.41, 5.74) is 0. The molecule has 0 aromatic heterocycles. The first-order valence-electron chi connectivity index (χ1n) is 14.6. The molecule has 0 aliphatic carbocycles. The lowest BCUT2D eigenvalue weighted by Gasteiger charge is -2.29. The minimum Gasteiger partial charge on any atom is -0.432 e. The number of hydrogen-bond donors (Lipinski definition) is 2. The zero-order valence-electron chi connectivity index (χ0n) is 27.6. The van der Waals surface area contributed by atoms with E-state index >= 15 is 0 Å². The summed E-state index contributed by atoms with van der Waals surface area (Å²) in [7, 11) is -6.65. The predicted octanol–water partition coefficient (Wildman–Crippen LogP) is 8.71. The molecule has 224 valence electrons. The molecule has 0 saturated carbocycles. The third-order valence-electron chi connectivity index (χ3n) is 6.06. The molecule has 0 fully saturated rings. The molecule has 37 heavy (non-hydrogen) atoms. The van der Waals surface area contributed by atoms with Crippen LogP contribution in [0.25, 0.3) is 0 Å². The van der Waals surface area contributed by atoms with Gasteiger partial charge in [0.05, 0.1) is 6.07 Å². The van der Waals surface area contributed by atoms with E-state index in [1.54, 1.807) is 6.07 Å². The Morgan fingerprint density at radius 2 is 0.811 bits per heavy atom. The molecule has 0 aromatic carbocycles. The van der Waals surface area contributed by atoms with Gasteiger partial charge in [0, 0.05) is 20.1 Å². The van der Waals surface area contributed by atoms with Gasteiger partial charge in [0.25, 0.3) is 0 Å². The first-order valence-corrected chi connectivity index (χ1v) is 27.1. The zero-order chi connectivity index (χ0) is 30.1. The van der Waals surface area contributed by atoms with Crippen LogP contribution in [0.2, 0.25) is 76.6 Å². The van der Waals surface area contributed by atoms with E-state index in [0.717, 1.165) is 43.6 Å². The van der Waals surface area contributed by atoms with Gasteiger partial charge in [0.15, 0.2) is 33.3 Å². The number of nitrogens with zero attached hydrogens (tertiary/aromatic N) is 1. The number of hydrogen-bond acceptors (Lipinski definition) is 5. The average Bonchev–Trinajstić information content (AvgIpc) is 2.57. The Labute approximate surface area is 237 Å². The van der Waals surface area contributed by atoms with E-state index in [1.165, 1.54) is 25.4 Å². The minimum atomic E-state index is -1.90. The van der Waals surface area contributed by atoms with Crippen molar-refractivity contribution in [2.45, 2.75) is 138 Å². The molecule has 0 bridgehead atoms. The van der Waals surface area contributed by atoms with Crippen molar-refractivity contribution in [1.29, 1.82) is 5.26 Å². The Bertz CT molecular complexity index is 554. The van der Waals surface area contributed by atoms with Gasteiger partial charge < -0.3 is 18.4 Å². The molecule has 0 saturated heterocycles. The van der Waals surface area contributed by atoms with Crippen LogP contribution in [0.3, 0.4) is 0 Å². The number of rotatable bonds is 16. The minimum absolute atomic E-state index is 0.586. The number of nitriles is 1. The van der Waals surface area contributed by atoms with Crippen molar-refractivity contribution >= 4 is 33.3 Å². The second-order valence-corrected chi connectivity index (χ2v) is 30.4. The highest BCUT2D eigenvalue weighted by molar-refractivity contribution is 6.71. The molecule has 9 heteroatoms. The van der Waals surface area contributed by atoms with Crippen LogP contribution in [0.5, 0.6) is 0 Å². The maximum absolute atomic E-state index is 9.83. The molecule has 0 rings (SSSR count). The van der Waals surface area contributed by atoms with E-state index in [-0.39, 0.29) is 0 Å². The standard InChI is InChI=1S/C15H36O2Si2.C11H28O2Si2.C2H3N/c1-9-16-18(5,6)12-14(3)11-15(4)13-19(7,8)17-10-2;1-10(8-14(3,4)12)7-11(2)9-15(5,6)13;1-2-3/h14-15H,9-13H2,1-8H3;10-13H,7-9H2,1-6H3;1H3. The Balaban J connectivity index is -0.000000576. The van der Waals surface area contributed by atoms with Gasteiger partial charge in [-0.2, -0.15) is 5.26 Å². The van der Waals surface area contributed by atoms with Gasteiger partial charge in [0.1, 0.15) is 0 Å². The van der Waals surface area contributed by atoms with E-state index in [2.05, 4.69) is 67.7 Å². The SMILES string of the molecule is CC#N.CC(CC(C)C[Si](C)(C)O)C[Si](C)(C)O.CCO[Si](C)(C)CC(C)CC(C)C[Si](C)(C)OCC. The summed E-state index contributed by atoms with van der Waals surface area (Å²) in [5.74, 6) is 2.72. The first kappa shape index (κ1) is 41.7.